The van der Waals surface area contributed by atoms with Gasteiger partial charge in [0.15, 0.2) is 0 Å². The van der Waals surface area contributed by atoms with E-state index in [1.165, 1.54) is 44.3 Å². The molecule has 1 saturated heterocycles. The van der Waals surface area contributed by atoms with Crippen molar-refractivity contribution < 1.29 is 9.47 Å². The first-order chi connectivity index (χ1) is 10.8. The summed E-state index contributed by atoms with van der Waals surface area (Å²) in [4.78, 5) is 2.62. The SMILES string of the molecule is COCC[C@H]1CCCCN(CCCOc2ccccc2C)C1. The van der Waals surface area contributed by atoms with Gasteiger partial charge < -0.3 is 14.4 Å². The van der Waals surface area contributed by atoms with Crippen LogP contribution in [0.1, 0.15) is 37.7 Å². The summed E-state index contributed by atoms with van der Waals surface area (Å²) in [6.45, 7) is 7.43. The molecule has 3 heteroatoms. The van der Waals surface area contributed by atoms with Crippen molar-refractivity contribution in [2.45, 2.75) is 39.0 Å². The number of para-hydroxylation sites is 1. The Kier molecular flexibility index (Phi) is 7.75. The Hall–Kier alpha value is -1.06. The van der Waals surface area contributed by atoms with Crippen molar-refractivity contribution in [3.8, 4) is 5.75 Å². The first kappa shape index (κ1) is 17.3. The van der Waals surface area contributed by atoms with Gasteiger partial charge in [-0.1, -0.05) is 24.6 Å². The molecule has 1 aliphatic heterocycles. The Morgan fingerprint density at radius 1 is 1.18 bits per heavy atom. The zero-order chi connectivity index (χ0) is 15.6. The van der Waals surface area contributed by atoms with Crippen molar-refractivity contribution in [2.75, 3.05) is 40.0 Å². The van der Waals surface area contributed by atoms with Crippen LogP contribution in [0.3, 0.4) is 0 Å². The second kappa shape index (κ2) is 9.86. The van der Waals surface area contributed by atoms with Gasteiger partial charge in [-0.25, -0.2) is 0 Å². The molecule has 3 nitrogen and oxygen atoms in total. The van der Waals surface area contributed by atoms with Crippen molar-refractivity contribution in [1.29, 1.82) is 0 Å². The summed E-state index contributed by atoms with van der Waals surface area (Å²) in [6.07, 6.45) is 6.37. The van der Waals surface area contributed by atoms with Crippen LogP contribution < -0.4 is 4.74 Å². The maximum absolute atomic E-state index is 5.90. The number of hydrogen-bond donors (Lipinski definition) is 0. The normalized spacial score (nSPS) is 19.8. The zero-order valence-electron chi connectivity index (χ0n) is 14.2. The lowest BCUT2D eigenvalue weighted by molar-refractivity contribution is 0.157. The molecule has 2 rings (SSSR count). The fourth-order valence-electron chi connectivity index (χ4n) is 3.23. The minimum absolute atomic E-state index is 0.805. The molecule has 0 aromatic heterocycles. The fourth-order valence-corrected chi connectivity index (χ4v) is 3.23. The molecule has 0 unspecified atom stereocenters. The molecular weight excluding hydrogens is 274 g/mol. The highest BCUT2D eigenvalue weighted by Crippen LogP contribution is 2.20. The van der Waals surface area contributed by atoms with E-state index in [1.807, 2.05) is 6.07 Å². The van der Waals surface area contributed by atoms with Crippen LogP contribution in [0.2, 0.25) is 0 Å². The Morgan fingerprint density at radius 2 is 2.05 bits per heavy atom. The van der Waals surface area contributed by atoms with Gasteiger partial charge in [-0.2, -0.15) is 0 Å². The number of nitrogens with zero attached hydrogens (tertiary/aromatic N) is 1. The third kappa shape index (κ3) is 5.98. The lowest BCUT2D eigenvalue weighted by Crippen LogP contribution is -2.30. The fraction of sp³-hybridized carbons (Fsp3) is 0.684. The van der Waals surface area contributed by atoms with Crippen LogP contribution in [-0.4, -0.2) is 44.9 Å². The monoisotopic (exact) mass is 305 g/mol. The first-order valence-electron chi connectivity index (χ1n) is 8.69. The molecule has 0 N–H and O–H groups in total. The Morgan fingerprint density at radius 3 is 2.86 bits per heavy atom. The van der Waals surface area contributed by atoms with Crippen LogP contribution in [0, 0.1) is 12.8 Å². The molecule has 22 heavy (non-hydrogen) atoms. The van der Waals surface area contributed by atoms with Crippen molar-refractivity contribution in [2.24, 2.45) is 5.92 Å². The number of ether oxygens (including phenoxy) is 2. The van der Waals surface area contributed by atoms with E-state index in [1.54, 1.807) is 7.11 Å². The van der Waals surface area contributed by atoms with Crippen molar-refractivity contribution in [3.63, 3.8) is 0 Å². The van der Waals surface area contributed by atoms with Gasteiger partial charge in [0.25, 0.3) is 0 Å². The summed E-state index contributed by atoms with van der Waals surface area (Å²) in [6, 6.07) is 8.25. The van der Waals surface area contributed by atoms with Gasteiger partial charge in [0, 0.05) is 26.8 Å². The van der Waals surface area contributed by atoms with Gasteiger partial charge in [-0.3, -0.25) is 0 Å². The molecule has 1 aromatic rings. The molecule has 1 fully saturated rings. The Labute approximate surface area is 135 Å². The van der Waals surface area contributed by atoms with E-state index in [4.69, 9.17) is 9.47 Å². The van der Waals surface area contributed by atoms with Gasteiger partial charge in [0.05, 0.1) is 6.61 Å². The van der Waals surface area contributed by atoms with Gasteiger partial charge >= 0.3 is 0 Å². The number of aryl methyl sites for hydroxylation is 1. The van der Waals surface area contributed by atoms with Crippen LogP contribution in [-0.2, 0) is 4.74 Å². The zero-order valence-corrected chi connectivity index (χ0v) is 14.2. The number of methoxy groups -OCH3 is 1. The predicted octanol–water partition coefficient (Wildman–Crippen LogP) is 3.90. The second-order valence-electron chi connectivity index (χ2n) is 6.41. The van der Waals surface area contributed by atoms with E-state index in [9.17, 15) is 0 Å². The average Bonchev–Trinajstić information content (AvgIpc) is 2.76. The van der Waals surface area contributed by atoms with Crippen LogP contribution in [0.15, 0.2) is 24.3 Å². The van der Waals surface area contributed by atoms with Gasteiger partial charge in [-0.15, -0.1) is 0 Å². The standard InChI is InChI=1S/C19H31NO2/c1-17-8-3-4-10-19(17)22-14-7-13-20-12-6-5-9-18(16-20)11-15-21-2/h3-4,8,10,18H,5-7,9,11-16H2,1-2H3/t18-/m1/s1. The minimum Gasteiger partial charge on any atom is -0.493 e. The average molecular weight is 305 g/mol. The summed E-state index contributed by atoms with van der Waals surface area (Å²) in [5.41, 5.74) is 1.22. The summed E-state index contributed by atoms with van der Waals surface area (Å²) in [5.74, 6) is 1.83. The number of rotatable bonds is 8. The van der Waals surface area contributed by atoms with E-state index in [2.05, 4.69) is 30.0 Å². The number of hydrogen-bond acceptors (Lipinski definition) is 3. The lowest BCUT2D eigenvalue weighted by Gasteiger charge is -2.24. The number of likely N-dealkylation sites (tertiary alicyclic amines) is 1. The lowest BCUT2D eigenvalue weighted by atomic mass is 10.00. The highest BCUT2D eigenvalue weighted by Gasteiger charge is 2.17. The highest BCUT2D eigenvalue weighted by molar-refractivity contribution is 5.31. The van der Waals surface area contributed by atoms with Crippen molar-refractivity contribution in [1.82, 2.24) is 4.90 Å². The topological polar surface area (TPSA) is 21.7 Å². The quantitative estimate of drug-likeness (QED) is 0.680. The smallest absolute Gasteiger partial charge is 0.122 e. The second-order valence-corrected chi connectivity index (χ2v) is 6.41. The molecule has 0 saturated carbocycles. The molecule has 0 radical (unpaired) electrons. The molecule has 1 aromatic carbocycles. The van der Waals surface area contributed by atoms with Crippen LogP contribution in [0.25, 0.3) is 0 Å². The minimum atomic E-state index is 0.805. The molecule has 124 valence electrons. The van der Waals surface area contributed by atoms with Crippen LogP contribution in [0.5, 0.6) is 5.75 Å². The summed E-state index contributed by atoms with van der Waals surface area (Å²) in [5, 5.41) is 0. The molecule has 1 atom stereocenters. The Balaban J connectivity index is 1.68. The van der Waals surface area contributed by atoms with Crippen LogP contribution >= 0.6 is 0 Å². The van der Waals surface area contributed by atoms with Crippen molar-refractivity contribution >= 4 is 0 Å². The van der Waals surface area contributed by atoms with Crippen LogP contribution in [0.4, 0.5) is 0 Å². The Bertz CT molecular complexity index is 422. The van der Waals surface area contributed by atoms with Gasteiger partial charge in [0.1, 0.15) is 5.75 Å². The van der Waals surface area contributed by atoms with Gasteiger partial charge in [-0.05, 0) is 56.7 Å². The summed E-state index contributed by atoms with van der Waals surface area (Å²) >= 11 is 0. The first-order valence-corrected chi connectivity index (χ1v) is 8.69. The molecule has 0 amide bonds. The predicted molar refractivity (Wildman–Crippen MR) is 91.6 cm³/mol. The molecule has 1 aliphatic rings. The van der Waals surface area contributed by atoms with E-state index < -0.39 is 0 Å². The molecule has 0 aliphatic carbocycles. The maximum Gasteiger partial charge on any atom is 0.122 e. The van der Waals surface area contributed by atoms with Crippen molar-refractivity contribution in [3.05, 3.63) is 29.8 Å². The third-order valence-electron chi connectivity index (χ3n) is 4.55. The van der Waals surface area contributed by atoms with E-state index in [0.29, 0.717) is 0 Å². The largest absolute Gasteiger partial charge is 0.493 e. The maximum atomic E-state index is 5.90. The summed E-state index contributed by atoms with van der Waals surface area (Å²) < 4.78 is 11.1. The van der Waals surface area contributed by atoms with Gasteiger partial charge in [0.2, 0.25) is 0 Å². The van der Waals surface area contributed by atoms with E-state index >= 15 is 0 Å². The third-order valence-corrected chi connectivity index (χ3v) is 4.55. The molecule has 1 heterocycles. The number of benzene rings is 1. The highest BCUT2D eigenvalue weighted by atomic mass is 16.5. The van der Waals surface area contributed by atoms with E-state index in [-0.39, 0.29) is 0 Å². The molecular formula is C19H31NO2. The summed E-state index contributed by atoms with van der Waals surface area (Å²) in [7, 11) is 1.80. The molecule has 0 bridgehead atoms. The van der Waals surface area contributed by atoms with E-state index in [0.717, 1.165) is 37.8 Å². The molecule has 0 spiro atoms.